The molecule has 0 bridgehead atoms. The molecule has 28 heavy (non-hydrogen) atoms. The molecule has 1 heterocycles. The van der Waals surface area contributed by atoms with Crippen LogP contribution in [0.5, 0.6) is 0 Å². The molecule has 0 spiro atoms. The highest BCUT2D eigenvalue weighted by Gasteiger charge is 2.19. The molecule has 0 aromatic heterocycles. The van der Waals surface area contributed by atoms with Gasteiger partial charge in [-0.15, -0.1) is 0 Å². The first kappa shape index (κ1) is 21.0. The number of hydrazone groups is 1. The third-order valence-electron chi connectivity index (χ3n) is 4.15. The van der Waals surface area contributed by atoms with Gasteiger partial charge in [-0.3, -0.25) is 4.79 Å². The summed E-state index contributed by atoms with van der Waals surface area (Å²) in [6.07, 6.45) is 0. The minimum Gasteiger partial charge on any atom is -0.379 e. The average molecular weight is 440 g/mol. The van der Waals surface area contributed by atoms with Crippen LogP contribution in [-0.2, 0) is 15.7 Å². The van der Waals surface area contributed by atoms with Gasteiger partial charge in [0.05, 0.1) is 23.8 Å². The van der Waals surface area contributed by atoms with Crippen LogP contribution in [0.4, 0.5) is 0 Å². The Morgan fingerprint density at radius 1 is 1.18 bits per heavy atom. The molecule has 2 aromatic rings. The molecule has 1 aliphatic rings. The maximum atomic E-state index is 12.7. The summed E-state index contributed by atoms with van der Waals surface area (Å²) < 4.78 is 19.8. The van der Waals surface area contributed by atoms with Gasteiger partial charge in [0.15, 0.2) is 0 Å². The second kappa shape index (κ2) is 9.62. The molecule has 6 nitrogen and oxygen atoms in total. The first-order chi connectivity index (χ1) is 13.5. The smallest absolute Gasteiger partial charge is 0.271 e. The molecule has 1 aliphatic heterocycles. The van der Waals surface area contributed by atoms with Gasteiger partial charge in [-0.25, -0.2) is 13.9 Å². The summed E-state index contributed by atoms with van der Waals surface area (Å²) in [5.74, 6) is -0.404. The number of carbonyl (C=O) groups excluding carboxylic acids is 1. The topological polar surface area (TPSA) is 71.0 Å². The maximum absolute atomic E-state index is 12.7. The summed E-state index contributed by atoms with van der Waals surface area (Å²) >= 11 is 12.1. The predicted molar refractivity (Wildman–Crippen MR) is 111 cm³/mol. The summed E-state index contributed by atoms with van der Waals surface area (Å²) in [4.78, 5) is 13.0. The van der Waals surface area contributed by atoms with Gasteiger partial charge in [0, 0.05) is 34.3 Å². The fourth-order valence-electron chi connectivity index (χ4n) is 2.64. The summed E-state index contributed by atoms with van der Waals surface area (Å²) in [5, 5.41) is 5.12. The number of hydrogen-bond donors (Lipinski definition) is 1. The van der Waals surface area contributed by atoms with Crippen molar-refractivity contribution in [2.45, 2.75) is 11.8 Å². The highest BCUT2D eigenvalue weighted by Crippen LogP contribution is 2.21. The van der Waals surface area contributed by atoms with E-state index in [1.807, 2.05) is 4.31 Å². The Labute approximate surface area is 176 Å². The molecule has 1 atom stereocenters. The van der Waals surface area contributed by atoms with E-state index in [4.69, 9.17) is 27.9 Å². The number of hydrogen-bond acceptors (Lipinski definition) is 4. The fraction of sp³-hybridized carbons (Fsp3) is 0.263. The van der Waals surface area contributed by atoms with Crippen LogP contribution in [0, 0.1) is 0 Å². The summed E-state index contributed by atoms with van der Waals surface area (Å²) in [6.45, 7) is 4.00. The molecule has 1 saturated heterocycles. The van der Waals surface area contributed by atoms with Gasteiger partial charge >= 0.3 is 0 Å². The van der Waals surface area contributed by atoms with Gasteiger partial charge in [0.2, 0.25) is 0 Å². The minimum absolute atomic E-state index is 0.368. The van der Waals surface area contributed by atoms with E-state index in [1.165, 1.54) is 0 Å². The lowest BCUT2D eigenvalue weighted by Gasteiger charge is -2.25. The first-order valence-corrected chi connectivity index (χ1v) is 10.5. The Morgan fingerprint density at radius 3 is 2.68 bits per heavy atom. The van der Waals surface area contributed by atoms with E-state index in [-0.39, 0.29) is 0 Å². The third kappa shape index (κ3) is 5.18. The molecule has 1 N–H and O–H groups in total. The molecule has 0 saturated carbocycles. The number of nitrogens with zero attached hydrogens (tertiary/aromatic N) is 2. The number of morpholine rings is 1. The monoisotopic (exact) mass is 439 g/mol. The van der Waals surface area contributed by atoms with Crippen molar-refractivity contribution in [3.05, 3.63) is 63.6 Å². The average Bonchev–Trinajstić information content (AvgIpc) is 2.73. The van der Waals surface area contributed by atoms with Crippen molar-refractivity contribution in [2.24, 2.45) is 5.10 Å². The van der Waals surface area contributed by atoms with Crippen LogP contribution in [-0.4, -0.2) is 46.4 Å². The number of nitrogens with one attached hydrogen (secondary N) is 1. The van der Waals surface area contributed by atoms with E-state index in [2.05, 4.69) is 10.5 Å². The predicted octanol–water partition coefficient (Wildman–Crippen LogP) is 3.50. The Balaban J connectivity index is 1.72. The van der Waals surface area contributed by atoms with E-state index >= 15 is 0 Å². The molecule has 1 fully saturated rings. The molecular formula is C19H19Cl2N3O3S. The van der Waals surface area contributed by atoms with E-state index in [0.717, 1.165) is 0 Å². The zero-order valence-electron chi connectivity index (χ0n) is 15.2. The standard InChI is InChI=1S/C19H19Cl2N3O3S/c1-13(17-12-15(20)5-6-18(17)21)22-23-19(25)14-3-2-4-16(11-14)28(26)24-7-9-27-10-8-24/h2-6,11-12H,7-10H2,1H3,(H,23,25)/b22-13+. The molecule has 148 valence electrons. The van der Waals surface area contributed by atoms with Gasteiger partial charge in [-0.2, -0.15) is 5.10 Å². The first-order valence-electron chi connectivity index (χ1n) is 8.60. The zero-order valence-corrected chi connectivity index (χ0v) is 17.5. The van der Waals surface area contributed by atoms with Crippen molar-refractivity contribution >= 4 is 45.8 Å². The van der Waals surface area contributed by atoms with E-state index < -0.39 is 16.9 Å². The van der Waals surface area contributed by atoms with E-state index in [9.17, 15) is 9.00 Å². The SMILES string of the molecule is C/C(=N\NC(=O)c1cccc(S(=O)N2CCOCC2)c1)c1cc(Cl)ccc1Cl. The molecule has 9 heteroatoms. The summed E-state index contributed by atoms with van der Waals surface area (Å²) in [5.41, 5.74) is 4.03. The summed E-state index contributed by atoms with van der Waals surface area (Å²) in [7, 11) is -1.34. The molecule has 0 aliphatic carbocycles. The van der Waals surface area contributed by atoms with Crippen LogP contribution >= 0.6 is 23.2 Å². The van der Waals surface area contributed by atoms with Crippen molar-refractivity contribution in [1.29, 1.82) is 0 Å². The van der Waals surface area contributed by atoms with Crippen LogP contribution in [0.15, 0.2) is 52.5 Å². The minimum atomic E-state index is -1.34. The highest BCUT2D eigenvalue weighted by atomic mass is 35.5. The van der Waals surface area contributed by atoms with Crippen LogP contribution < -0.4 is 5.43 Å². The lowest BCUT2D eigenvalue weighted by molar-refractivity contribution is 0.0752. The molecule has 1 amide bonds. The molecule has 0 radical (unpaired) electrons. The lowest BCUT2D eigenvalue weighted by atomic mass is 10.1. The number of halogens is 2. The number of rotatable bonds is 5. The summed E-state index contributed by atoms with van der Waals surface area (Å²) in [6, 6.07) is 11.7. The van der Waals surface area contributed by atoms with Crippen molar-refractivity contribution in [1.82, 2.24) is 9.73 Å². The fourth-order valence-corrected chi connectivity index (χ4v) is 4.27. The van der Waals surface area contributed by atoms with E-state index in [0.29, 0.717) is 58.1 Å². The highest BCUT2D eigenvalue weighted by molar-refractivity contribution is 7.82. The van der Waals surface area contributed by atoms with Crippen LogP contribution in [0.2, 0.25) is 10.0 Å². The Hall–Kier alpha value is -1.77. The zero-order chi connectivity index (χ0) is 20.1. The second-order valence-electron chi connectivity index (χ2n) is 6.08. The van der Waals surface area contributed by atoms with Gasteiger partial charge in [0.1, 0.15) is 11.0 Å². The van der Waals surface area contributed by atoms with Crippen LogP contribution in [0.25, 0.3) is 0 Å². The normalized spacial score (nSPS) is 16.6. The molecule has 2 aromatic carbocycles. The van der Waals surface area contributed by atoms with Crippen molar-refractivity contribution in [3.63, 3.8) is 0 Å². The van der Waals surface area contributed by atoms with Crippen molar-refractivity contribution < 1.29 is 13.7 Å². The van der Waals surface area contributed by atoms with E-state index in [1.54, 1.807) is 49.4 Å². The number of benzene rings is 2. The largest absolute Gasteiger partial charge is 0.379 e. The second-order valence-corrected chi connectivity index (χ2v) is 8.41. The van der Waals surface area contributed by atoms with Crippen LogP contribution in [0.1, 0.15) is 22.8 Å². The molecule has 3 rings (SSSR count). The van der Waals surface area contributed by atoms with Gasteiger partial charge < -0.3 is 4.74 Å². The van der Waals surface area contributed by atoms with Gasteiger partial charge in [0.25, 0.3) is 5.91 Å². The van der Waals surface area contributed by atoms with Crippen LogP contribution in [0.3, 0.4) is 0 Å². The Morgan fingerprint density at radius 2 is 1.93 bits per heavy atom. The Bertz CT molecular complexity index is 930. The van der Waals surface area contributed by atoms with Gasteiger partial charge in [-0.05, 0) is 43.3 Å². The number of carbonyl (C=O) groups is 1. The number of amides is 1. The molecular weight excluding hydrogens is 421 g/mol. The maximum Gasteiger partial charge on any atom is 0.271 e. The van der Waals surface area contributed by atoms with Gasteiger partial charge in [-0.1, -0.05) is 29.3 Å². The number of ether oxygens (including phenoxy) is 1. The third-order valence-corrected chi connectivity index (χ3v) is 6.20. The Kier molecular flexibility index (Phi) is 7.20. The lowest BCUT2D eigenvalue weighted by Crippen LogP contribution is -2.37. The quantitative estimate of drug-likeness (QED) is 0.572. The molecule has 1 unspecified atom stereocenters. The van der Waals surface area contributed by atoms with Crippen molar-refractivity contribution in [2.75, 3.05) is 26.3 Å². The van der Waals surface area contributed by atoms with Crippen molar-refractivity contribution in [3.8, 4) is 0 Å².